The number of phenols is 2. The molecule has 0 radical (unpaired) electrons. The van der Waals surface area contributed by atoms with Gasteiger partial charge < -0.3 is 84.0 Å². The van der Waals surface area contributed by atoms with E-state index in [4.69, 9.17) is 47.4 Å². The second kappa shape index (κ2) is 30.6. The minimum absolute atomic E-state index is 0.00214. The van der Waals surface area contributed by atoms with Crippen molar-refractivity contribution in [3.05, 3.63) is 81.4 Å². The highest BCUT2D eigenvalue weighted by molar-refractivity contribution is 7.88. The van der Waals surface area contributed by atoms with Gasteiger partial charge in [-0.1, -0.05) is 38.1 Å². The summed E-state index contributed by atoms with van der Waals surface area (Å²) in [5.74, 6) is 2.25. The molecule has 30 nitrogen and oxygen atoms in total. The number of anilines is 1. The number of ketones is 3. The molecule has 1 unspecified atom stereocenters. The molecule has 5 amide bonds. The Labute approximate surface area is 553 Å². The van der Waals surface area contributed by atoms with E-state index in [-0.39, 0.29) is 112 Å². The number of rotatable bonds is 26. The predicted octanol–water partition coefficient (Wildman–Crippen LogP) is 3.25. The molecule has 13 atom stereocenters. The molecule has 10 rings (SSSR count). The molecule has 3 saturated heterocycles. The smallest absolute Gasteiger partial charge is 0.421 e. The normalized spacial score (nSPS) is 26.1. The first-order chi connectivity index (χ1) is 45.9. The Morgan fingerprint density at radius 3 is 2.26 bits per heavy atom. The van der Waals surface area contributed by atoms with Crippen LogP contribution in [0.1, 0.15) is 128 Å². The van der Waals surface area contributed by atoms with Crippen LogP contribution in [0.5, 0.6) is 17.2 Å². The summed E-state index contributed by atoms with van der Waals surface area (Å²) in [4.78, 5) is 107. The number of hydrogen-bond donors (Lipinski definition) is 9. The Bertz CT molecular complexity index is 3620. The molecule has 0 spiro atoms. The quantitative estimate of drug-likeness (QED) is 0.0188. The van der Waals surface area contributed by atoms with E-state index in [1.54, 1.807) is 45.0 Å². The van der Waals surface area contributed by atoms with E-state index >= 15 is 0 Å². The van der Waals surface area contributed by atoms with Crippen LogP contribution >= 0.6 is 0 Å². The third kappa shape index (κ3) is 16.2. The van der Waals surface area contributed by atoms with E-state index in [2.05, 4.69) is 42.7 Å². The first-order valence-electron chi connectivity index (χ1n) is 31.9. The molecule has 3 aromatic carbocycles. The largest absolute Gasteiger partial charge is 0.507 e. The Balaban J connectivity index is 0.611. The molecule has 9 N–H and O–H groups in total. The number of methoxy groups -OCH3 is 1. The van der Waals surface area contributed by atoms with Gasteiger partial charge in [0.05, 0.1) is 69.0 Å². The highest BCUT2D eigenvalue weighted by Gasteiger charge is 2.56. The van der Waals surface area contributed by atoms with Gasteiger partial charge in [0.2, 0.25) is 17.6 Å². The Morgan fingerprint density at radius 1 is 0.823 bits per heavy atom. The molecule has 31 heteroatoms. The summed E-state index contributed by atoms with van der Waals surface area (Å²) in [6.07, 6.45) is -4.98. The molecule has 3 aliphatic heterocycles. The van der Waals surface area contributed by atoms with Crippen molar-refractivity contribution in [2.75, 3.05) is 71.7 Å². The number of morpholine rings is 1. The molecule has 4 fully saturated rings. The predicted molar refractivity (Wildman–Crippen MR) is 334 cm³/mol. The summed E-state index contributed by atoms with van der Waals surface area (Å²) in [6, 6.07) is 8.37. The lowest BCUT2D eigenvalue weighted by atomic mass is 9.72. The summed E-state index contributed by atoms with van der Waals surface area (Å²) in [7, 11) is -2.89. The average Bonchev–Trinajstić information content (AvgIpc) is 1.12. The summed E-state index contributed by atoms with van der Waals surface area (Å²) in [5, 5.41) is 45.9. The maximum absolute atomic E-state index is 14.1. The van der Waals surface area contributed by atoms with Crippen LogP contribution in [0, 0.1) is 35.5 Å². The van der Waals surface area contributed by atoms with Gasteiger partial charge in [-0.05, 0) is 81.0 Å². The number of nitrogens with zero attached hydrogens (tertiary/aromatic N) is 1. The molecular weight excluding hydrogens is 1280 g/mol. The number of aliphatic hydroxyl groups is 1. The zero-order valence-corrected chi connectivity index (χ0v) is 54.7. The van der Waals surface area contributed by atoms with Crippen molar-refractivity contribution in [1.82, 2.24) is 30.3 Å². The average molecular weight is 1360 g/mol. The number of benzene rings is 3. The molecule has 0 bridgehead atoms. The SMILES string of the molecule is COc1cccc2c1C(=O)c1c(O)c3c(c(O)c1C2=O)C[C@@](O)(C(C)=O)C[C@@H]3O[C@H]1C[C@H]2[C@H](O[C@@H]3[C@@H](OCCNC(=O)OCc4ccc(NC(=O)[C@H](C)NC(=O)[C@@H](NC(=O)OCCOCCNS(=O)(=O)NC(=O)OCC5[C@H]6CCC#CCC[C@@H]56)C(C)C)cc4)OCCN32)[C@H](C)O1. The van der Waals surface area contributed by atoms with Crippen molar-refractivity contribution in [2.24, 2.45) is 23.7 Å². The lowest BCUT2D eigenvalue weighted by Gasteiger charge is -2.43. The van der Waals surface area contributed by atoms with E-state index in [1.165, 1.54) is 39.2 Å². The van der Waals surface area contributed by atoms with E-state index < -0.39 is 147 Å². The fourth-order valence-corrected chi connectivity index (χ4v) is 14.0. The monoisotopic (exact) mass is 1360 g/mol. The van der Waals surface area contributed by atoms with Gasteiger partial charge in [-0.3, -0.25) is 28.9 Å². The fourth-order valence-electron chi connectivity index (χ4n) is 13.3. The summed E-state index contributed by atoms with van der Waals surface area (Å²) in [5.41, 5.74) is -2.37. The van der Waals surface area contributed by atoms with Crippen molar-refractivity contribution >= 4 is 63.3 Å². The van der Waals surface area contributed by atoms with E-state index in [1.807, 2.05) is 4.72 Å². The molecule has 7 aliphatic rings. The van der Waals surface area contributed by atoms with Crippen LogP contribution < -0.4 is 35.4 Å². The number of nitrogens with one attached hydrogen (secondary N) is 6. The number of hydrogen-bond acceptors (Lipinski definition) is 24. The second-order valence-corrected chi connectivity index (χ2v) is 26.4. The zero-order valence-electron chi connectivity index (χ0n) is 53.9. The van der Waals surface area contributed by atoms with Gasteiger partial charge in [0, 0.05) is 80.2 Å². The number of carbonyl (C=O) groups excluding carboxylic acids is 8. The number of carbonyl (C=O) groups is 8. The van der Waals surface area contributed by atoms with Crippen molar-refractivity contribution in [3.8, 4) is 29.1 Å². The first-order valence-corrected chi connectivity index (χ1v) is 33.4. The van der Waals surface area contributed by atoms with E-state index in [9.17, 15) is 62.1 Å². The molecule has 96 heavy (non-hydrogen) atoms. The molecule has 4 aliphatic carbocycles. The Hall–Kier alpha value is -8.03. The maximum atomic E-state index is 14.1. The van der Waals surface area contributed by atoms with Gasteiger partial charge in [0.1, 0.15) is 54.3 Å². The molecule has 1 saturated carbocycles. The van der Waals surface area contributed by atoms with Crippen LogP contribution in [0.2, 0.25) is 0 Å². The number of ether oxygens (including phenoxy) is 10. The van der Waals surface area contributed by atoms with Crippen LogP contribution in [-0.2, 0) is 80.3 Å². The third-order valence-electron chi connectivity index (χ3n) is 18.3. The topological polar surface area (TPSA) is 399 Å². The fraction of sp³-hybridized carbons (Fsp3) is 0.569. The third-order valence-corrected chi connectivity index (χ3v) is 19.3. The highest BCUT2D eigenvalue weighted by Crippen LogP contribution is 2.54. The first kappa shape index (κ1) is 70.8. The number of amides is 5. The minimum Gasteiger partial charge on any atom is -0.507 e. The number of fused-ring (bicyclic) bond motifs is 7. The van der Waals surface area contributed by atoms with Gasteiger partial charge in [0.15, 0.2) is 30.4 Å². The molecule has 3 heterocycles. The maximum Gasteiger partial charge on any atom is 0.421 e. The van der Waals surface area contributed by atoms with Crippen LogP contribution in [0.3, 0.4) is 0 Å². The zero-order chi connectivity index (χ0) is 68.8. The number of Topliss-reactive ketones (excluding diaryl/α,β-unsaturated/α-hetero) is 1. The van der Waals surface area contributed by atoms with Crippen LogP contribution in [0.15, 0.2) is 42.5 Å². The second-order valence-electron chi connectivity index (χ2n) is 24.9. The van der Waals surface area contributed by atoms with E-state index in [0.29, 0.717) is 29.6 Å². The lowest BCUT2D eigenvalue weighted by molar-refractivity contribution is -0.261. The lowest BCUT2D eigenvalue weighted by Crippen LogP contribution is -2.55. The van der Waals surface area contributed by atoms with Gasteiger partial charge in [-0.25, -0.2) is 19.1 Å². The highest BCUT2D eigenvalue weighted by atomic mass is 32.2. The van der Waals surface area contributed by atoms with Gasteiger partial charge in [-0.15, -0.1) is 11.8 Å². The number of alkyl carbamates (subject to hydrolysis) is 2. The molecular formula is C65H81N7O23S. The molecule has 520 valence electrons. The standard InChI is InChI=1S/C65H81N7O23S/c1-33(2)52(70-63(81)90-27-26-87-23-21-67-96(84,85)71-64(82)92-32-43-39-12-9-7-8-10-13-40(39)43)59(79)68-34(3)58(78)69-38-18-16-37(17-19-38)31-91-62(80)66-20-24-88-61-60-72(22-25-89-61)44-28-47(93-35(4)57(44)95-60)94-46-30-65(83,36(5)73)29-42-49(46)56(77)51-50(54(42)75)53(74)41-14-11-15-45(86-6)48(41)55(51)76/h11,14-19,33-35,39-40,43-44,46-47,52,57,60-61,67,75,77,83H,9-10,12-13,20-32H2,1-6H3,(H,66,80)(H,68,79)(H,69,78)(H,70,81)(H,71,82)/t34-,35-,39-,40+,43?,44-,46-,47-,52-,57+,60+,61-,65-/m0/s1. The van der Waals surface area contributed by atoms with Crippen LogP contribution in [0.4, 0.5) is 20.1 Å². The Morgan fingerprint density at radius 2 is 1.55 bits per heavy atom. The van der Waals surface area contributed by atoms with Crippen molar-refractivity contribution < 1.29 is 109 Å². The minimum atomic E-state index is -4.22. The molecule has 0 aromatic heterocycles. The van der Waals surface area contributed by atoms with E-state index in [0.717, 1.165) is 25.7 Å². The molecule has 3 aromatic rings. The summed E-state index contributed by atoms with van der Waals surface area (Å²) >= 11 is 0. The van der Waals surface area contributed by atoms with Gasteiger partial charge in [0.25, 0.3) is 0 Å². The van der Waals surface area contributed by atoms with Crippen LogP contribution in [0.25, 0.3) is 0 Å². The Kier molecular flexibility index (Phi) is 22.5. The van der Waals surface area contributed by atoms with Crippen molar-refractivity contribution in [3.63, 3.8) is 0 Å². The van der Waals surface area contributed by atoms with Crippen molar-refractivity contribution in [2.45, 2.75) is 147 Å². The number of aromatic hydroxyl groups is 2. The van der Waals surface area contributed by atoms with Gasteiger partial charge in [-0.2, -0.15) is 13.1 Å². The summed E-state index contributed by atoms with van der Waals surface area (Å²) in [6.45, 7) is 7.83. The van der Waals surface area contributed by atoms with Crippen LogP contribution in [-0.4, -0.2) is 197 Å². The van der Waals surface area contributed by atoms with Gasteiger partial charge >= 0.3 is 28.5 Å². The summed E-state index contributed by atoms with van der Waals surface area (Å²) < 4.78 is 86.4. The van der Waals surface area contributed by atoms with Crippen molar-refractivity contribution in [1.29, 1.82) is 0 Å². The number of phenolic OH excluding ortho intramolecular Hbond substituents is 2.